The standard InChI is InChI=1S/C19H20N2O2/c1-3-4-10-18-19(14-8-6-5-7-9-14)16-13-15(21(22)23)11-12-17(16)20(18)2/h5-9,11-13H,3-4,10H2,1-2H3. The van der Waals surface area contributed by atoms with Crippen LogP contribution in [0.25, 0.3) is 22.0 Å². The number of hydrogen-bond acceptors (Lipinski definition) is 2. The topological polar surface area (TPSA) is 48.1 Å². The predicted octanol–water partition coefficient (Wildman–Crippen LogP) is 5.10. The molecule has 23 heavy (non-hydrogen) atoms. The van der Waals surface area contributed by atoms with E-state index in [-0.39, 0.29) is 10.6 Å². The monoisotopic (exact) mass is 308 g/mol. The molecular formula is C19H20N2O2. The smallest absolute Gasteiger partial charge is 0.270 e. The highest BCUT2D eigenvalue weighted by molar-refractivity contribution is 5.99. The van der Waals surface area contributed by atoms with Gasteiger partial charge in [-0.05, 0) is 24.5 Å². The number of non-ortho nitro benzene ring substituents is 1. The number of aryl methyl sites for hydroxylation is 1. The maximum atomic E-state index is 11.2. The van der Waals surface area contributed by atoms with Crippen LogP contribution in [0.1, 0.15) is 25.5 Å². The van der Waals surface area contributed by atoms with Gasteiger partial charge in [-0.2, -0.15) is 0 Å². The molecule has 0 atom stereocenters. The van der Waals surface area contributed by atoms with Gasteiger partial charge in [0.2, 0.25) is 0 Å². The van der Waals surface area contributed by atoms with Crippen LogP contribution in [0.4, 0.5) is 5.69 Å². The number of aromatic nitrogens is 1. The van der Waals surface area contributed by atoms with E-state index >= 15 is 0 Å². The third-order valence-corrected chi connectivity index (χ3v) is 4.34. The molecule has 4 heteroatoms. The van der Waals surface area contributed by atoms with Gasteiger partial charge < -0.3 is 4.57 Å². The maximum Gasteiger partial charge on any atom is 0.270 e. The minimum absolute atomic E-state index is 0.141. The SMILES string of the molecule is CCCCc1c(-c2ccccc2)c2cc([N+](=O)[O-])ccc2n1C. The van der Waals surface area contributed by atoms with Crippen LogP contribution in [0.5, 0.6) is 0 Å². The van der Waals surface area contributed by atoms with E-state index in [2.05, 4.69) is 23.6 Å². The molecule has 1 heterocycles. The van der Waals surface area contributed by atoms with E-state index in [1.807, 2.05) is 31.3 Å². The van der Waals surface area contributed by atoms with Gasteiger partial charge in [-0.3, -0.25) is 10.1 Å². The van der Waals surface area contributed by atoms with Crippen LogP contribution < -0.4 is 0 Å². The highest BCUT2D eigenvalue weighted by atomic mass is 16.6. The Bertz CT molecular complexity index is 851. The minimum Gasteiger partial charge on any atom is -0.347 e. The first-order chi connectivity index (χ1) is 11.1. The Morgan fingerprint density at radius 1 is 1.13 bits per heavy atom. The Morgan fingerprint density at radius 2 is 1.87 bits per heavy atom. The van der Waals surface area contributed by atoms with Gasteiger partial charge in [0.1, 0.15) is 0 Å². The van der Waals surface area contributed by atoms with Gasteiger partial charge in [0.05, 0.1) is 4.92 Å². The molecule has 0 fully saturated rings. The molecule has 0 radical (unpaired) electrons. The number of benzene rings is 2. The lowest BCUT2D eigenvalue weighted by Gasteiger charge is -2.07. The summed E-state index contributed by atoms with van der Waals surface area (Å²) in [4.78, 5) is 10.8. The van der Waals surface area contributed by atoms with E-state index in [0.717, 1.165) is 41.3 Å². The van der Waals surface area contributed by atoms with Gasteiger partial charge in [0.15, 0.2) is 0 Å². The van der Waals surface area contributed by atoms with Crippen LogP contribution >= 0.6 is 0 Å². The lowest BCUT2D eigenvalue weighted by atomic mass is 9.99. The van der Waals surface area contributed by atoms with E-state index in [1.165, 1.54) is 5.69 Å². The van der Waals surface area contributed by atoms with Crippen LogP contribution in [-0.2, 0) is 13.5 Å². The Kier molecular flexibility index (Phi) is 4.15. The summed E-state index contributed by atoms with van der Waals surface area (Å²) in [7, 11) is 2.05. The number of unbranched alkanes of at least 4 members (excludes halogenated alkanes) is 1. The molecule has 0 amide bonds. The van der Waals surface area contributed by atoms with Crippen LogP contribution in [-0.4, -0.2) is 9.49 Å². The molecule has 0 aliphatic heterocycles. The first-order valence-corrected chi connectivity index (χ1v) is 7.94. The van der Waals surface area contributed by atoms with Crippen LogP contribution in [0, 0.1) is 10.1 Å². The second-order valence-electron chi connectivity index (χ2n) is 5.81. The molecule has 0 aliphatic carbocycles. The van der Waals surface area contributed by atoms with E-state index in [9.17, 15) is 10.1 Å². The van der Waals surface area contributed by atoms with Gasteiger partial charge in [0, 0.05) is 41.3 Å². The fourth-order valence-electron chi connectivity index (χ4n) is 3.16. The molecule has 0 saturated heterocycles. The normalized spacial score (nSPS) is 11.0. The lowest BCUT2D eigenvalue weighted by Crippen LogP contribution is -1.97. The predicted molar refractivity (Wildman–Crippen MR) is 93.6 cm³/mol. The average molecular weight is 308 g/mol. The van der Waals surface area contributed by atoms with E-state index in [1.54, 1.807) is 12.1 Å². The lowest BCUT2D eigenvalue weighted by molar-refractivity contribution is -0.384. The fraction of sp³-hybridized carbons (Fsp3) is 0.263. The second kappa shape index (κ2) is 6.24. The molecule has 0 unspecified atom stereocenters. The number of hydrogen-bond donors (Lipinski definition) is 0. The van der Waals surface area contributed by atoms with Crippen molar-refractivity contribution in [2.45, 2.75) is 26.2 Å². The van der Waals surface area contributed by atoms with Crippen molar-refractivity contribution in [1.29, 1.82) is 0 Å². The minimum atomic E-state index is -0.326. The maximum absolute atomic E-state index is 11.2. The summed E-state index contributed by atoms with van der Waals surface area (Å²) in [5, 5.41) is 12.1. The molecule has 0 spiro atoms. The van der Waals surface area contributed by atoms with E-state index in [0.29, 0.717) is 0 Å². The summed E-state index contributed by atoms with van der Waals surface area (Å²) in [6, 6.07) is 15.3. The molecule has 0 N–H and O–H groups in total. The van der Waals surface area contributed by atoms with E-state index < -0.39 is 0 Å². The Balaban J connectivity index is 2.31. The van der Waals surface area contributed by atoms with Crippen molar-refractivity contribution in [3.63, 3.8) is 0 Å². The van der Waals surface area contributed by atoms with Gasteiger partial charge in [-0.1, -0.05) is 43.7 Å². The van der Waals surface area contributed by atoms with Gasteiger partial charge in [-0.15, -0.1) is 0 Å². The second-order valence-corrected chi connectivity index (χ2v) is 5.81. The zero-order valence-electron chi connectivity index (χ0n) is 13.5. The zero-order chi connectivity index (χ0) is 16.4. The molecule has 0 saturated carbocycles. The van der Waals surface area contributed by atoms with Crippen molar-refractivity contribution in [1.82, 2.24) is 4.57 Å². The summed E-state index contributed by atoms with van der Waals surface area (Å²) in [6.07, 6.45) is 3.20. The van der Waals surface area contributed by atoms with Crippen LogP contribution in [0.2, 0.25) is 0 Å². The zero-order valence-corrected chi connectivity index (χ0v) is 13.5. The Hall–Kier alpha value is -2.62. The van der Waals surface area contributed by atoms with Crippen molar-refractivity contribution in [3.05, 3.63) is 64.3 Å². The third-order valence-electron chi connectivity index (χ3n) is 4.34. The molecule has 118 valence electrons. The van der Waals surface area contributed by atoms with Crippen molar-refractivity contribution in [2.75, 3.05) is 0 Å². The molecule has 4 nitrogen and oxygen atoms in total. The quantitative estimate of drug-likeness (QED) is 0.486. The van der Waals surface area contributed by atoms with Crippen molar-refractivity contribution in [2.24, 2.45) is 7.05 Å². The molecule has 1 aromatic heterocycles. The molecule has 2 aromatic carbocycles. The molecule has 3 aromatic rings. The first kappa shape index (κ1) is 15.3. The summed E-state index contributed by atoms with van der Waals surface area (Å²) in [5.41, 5.74) is 4.67. The molecule has 3 rings (SSSR count). The summed E-state index contributed by atoms with van der Waals surface area (Å²) in [5.74, 6) is 0. The highest BCUT2D eigenvalue weighted by Gasteiger charge is 2.18. The molecular weight excluding hydrogens is 288 g/mol. The summed E-state index contributed by atoms with van der Waals surface area (Å²) >= 11 is 0. The van der Waals surface area contributed by atoms with Crippen LogP contribution in [0.3, 0.4) is 0 Å². The Morgan fingerprint density at radius 3 is 2.52 bits per heavy atom. The first-order valence-electron chi connectivity index (χ1n) is 7.94. The van der Waals surface area contributed by atoms with Crippen LogP contribution in [0.15, 0.2) is 48.5 Å². The molecule has 0 aliphatic rings. The molecule has 0 bridgehead atoms. The number of nitrogens with zero attached hydrogens (tertiary/aromatic N) is 2. The highest BCUT2D eigenvalue weighted by Crippen LogP contribution is 2.37. The summed E-state index contributed by atoms with van der Waals surface area (Å²) in [6.45, 7) is 2.18. The van der Waals surface area contributed by atoms with Gasteiger partial charge in [0.25, 0.3) is 5.69 Å². The number of nitro groups is 1. The number of fused-ring (bicyclic) bond motifs is 1. The van der Waals surface area contributed by atoms with Gasteiger partial charge >= 0.3 is 0 Å². The number of rotatable bonds is 5. The largest absolute Gasteiger partial charge is 0.347 e. The average Bonchev–Trinajstić information content (AvgIpc) is 2.85. The summed E-state index contributed by atoms with van der Waals surface area (Å²) < 4.78 is 2.18. The van der Waals surface area contributed by atoms with Crippen molar-refractivity contribution >= 4 is 16.6 Å². The van der Waals surface area contributed by atoms with Crippen molar-refractivity contribution < 1.29 is 4.92 Å². The van der Waals surface area contributed by atoms with Gasteiger partial charge in [-0.25, -0.2) is 0 Å². The van der Waals surface area contributed by atoms with Crippen molar-refractivity contribution in [3.8, 4) is 11.1 Å². The van der Waals surface area contributed by atoms with E-state index in [4.69, 9.17) is 0 Å². The number of nitro benzene ring substituents is 1. The fourth-order valence-corrected chi connectivity index (χ4v) is 3.16. The Labute approximate surface area is 135 Å². The third kappa shape index (κ3) is 2.72.